The van der Waals surface area contributed by atoms with Gasteiger partial charge in [0.1, 0.15) is 0 Å². The molecular formula is C12H20N2O4. The average Bonchev–Trinajstić information content (AvgIpc) is 2.20. The summed E-state index contributed by atoms with van der Waals surface area (Å²) in [6.07, 6.45) is 3.66. The van der Waals surface area contributed by atoms with E-state index in [1.807, 2.05) is 0 Å². The van der Waals surface area contributed by atoms with E-state index in [4.69, 9.17) is 20.9 Å². The van der Waals surface area contributed by atoms with Gasteiger partial charge in [-0.3, -0.25) is 0 Å². The normalized spacial score (nSPS) is 12.1. The molecule has 6 heteroatoms. The number of hydrogen-bond acceptors (Lipinski definition) is 6. The van der Waals surface area contributed by atoms with E-state index < -0.39 is 11.9 Å². The predicted octanol–water partition coefficient (Wildman–Crippen LogP) is 0.578. The summed E-state index contributed by atoms with van der Waals surface area (Å²) < 4.78 is 9.71. The largest absolute Gasteiger partial charge is 0.462 e. The maximum absolute atomic E-state index is 11.0. The van der Waals surface area contributed by atoms with Gasteiger partial charge in [-0.25, -0.2) is 9.59 Å². The van der Waals surface area contributed by atoms with Gasteiger partial charge in [-0.1, -0.05) is 0 Å². The molecule has 102 valence electrons. The Balaban J connectivity index is 3.53. The molecule has 0 unspecified atom stereocenters. The molecule has 0 saturated carbocycles. The second kappa shape index (κ2) is 9.09. The Labute approximate surface area is 107 Å². The molecule has 0 atom stereocenters. The van der Waals surface area contributed by atoms with Gasteiger partial charge in [0.25, 0.3) is 0 Å². The average molecular weight is 256 g/mol. The van der Waals surface area contributed by atoms with Crippen LogP contribution >= 0.6 is 0 Å². The standard InChI is InChI=1S/C12H20N2O4/c1-9(13)7-11(15)17-5-3-4-6-18-12(16)8-10(2)14/h7-8H,3-6,13-14H2,1-2H3/b9-7-,10-8-. The van der Waals surface area contributed by atoms with Crippen molar-refractivity contribution in [1.82, 2.24) is 0 Å². The van der Waals surface area contributed by atoms with Gasteiger partial charge in [-0.05, 0) is 26.7 Å². The van der Waals surface area contributed by atoms with Gasteiger partial charge in [0, 0.05) is 23.5 Å². The molecule has 0 aromatic carbocycles. The van der Waals surface area contributed by atoms with Crippen molar-refractivity contribution in [3.63, 3.8) is 0 Å². The Hall–Kier alpha value is -1.98. The second-order valence-electron chi connectivity index (χ2n) is 3.82. The Morgan fingerprint density at radius 1 is 0.889 bits per heavy atom. The Bertz CT molecular complexity index is 306. The highest BCUT2D eigenvalue weighted by atomic mass is 16.5. The van der Waals surface area contributed by atoms with E-state index in [9.17, 15) is 9.59 Å². The first-order valence-corrected chi connectivity index (χ1v) is 5.63. The van der Waals surface area contributed by atoms with E-state index >= 15 is 0 Å². The fourth-order valence-corrected chi connectivity index (χ4v) is 1.00. The minimum atomic E-state index is -0.464. The van der Waals surface area contributed by atoms with Gasteiger partial charge >= 0.3 is 11.9 Å². The van der Waals surface area contributed by atoms with Crippen LogP contribution in [0.25, 0.3) is 0 Å². The minimum Gasteiger partial charge on any atom is -0.462 e. The van der Waals surface area contributed by atoms with Gasteiger partial charge in [0.05, 0.1) is 13.2 Å². The molecular weight excluding hydrogens is 236 g/mol. The van der Waals surface area contributed by atoms with E-state index in [0.29, 0.717) is 24.2 Å². The first-order valence-electron chi connectivity index (χ1n) is 5.63. The fraction of sp³-hybridized carbons (Fsp3) is 0.500. The van der Waals surface area contributed by atoms with Crippen molar-refractivity contribution in [1.29, 1.82) is 0 Å². The Morgan fingerprint density at radius 3 is 1.50 bits per heavy atom. The Kier molecular flexibility index (Phi) is 8.09. The van der Waals surface area contributed by atoms with Crippen molar-refractivity contribution >= 4 is 11.9 Å². The molecule has 6 nitrogen and oxygen atoms in total. The van der Waals surface area contributed by atoms with Crippen LogP contribution in [-0.2, 0) is 19.1 Å². The van der Waals surface area contributed by atoms with Crippen LogP contribution < -0.4 is 11.5 Å². The van der Waals surface area contributed by atoms with Crippen molar-refractivity contribution in [2.75, 3.05) is 13.2 Å². The number of allylic oxidation sites excluding steroid dienone is 2. The number of carbonyl (C=O) groups excluding carboxylic acids is 2. The molecule has 0 heterocycles. The smallest absolute Gasteiger partial charge is 0.332 e. The molecule has 18 heavy (non-hydrogen) atoms. The topological polar surface area (TPSA) is 105 Å². The molecule has 0 aromatic rings. The molecule has 0 spiro atoms. The maximum atomic E-state index is 11.0. The van der Waals surface area contributed by atoms with Crippen LogP contribution in [0.2, 0.25) is 0 Å². The first-order chi connectivity index (χ1) is 8.41. The summed E-state index contributed by atoms with van der Waals surface area (Å²) in [4.78, 5) is 22.1. The van der Waals surface area contributed by atoms with Gasteiger partial charge in [0.15, 0.2) is 0 Å². The summed E-state index contributed by atoms with van der Waals surface area (Å²) >= 11 is 0. The molecule has 0 saturated heterocycles. The van der Waals surface area contributed by atoms with Gasteiger partial charge in [-0.15, -0.1) is 0 Å². The van der Waals surface area contributed by atoms with Crippen molar-refractivity contribution in [2.24, 2.45) is 11.5 Å². The molecule has 0 rings (SSSR count). The molecule has 0 aliphatic rings. The van der Waals surface area contributed by atoms with Crippen LogP contribution in [0.5, 0.6) is 0 Å². The van der Waals surface area contributed by atoms with Crippen LogP contribution in [0.1, 0.15) is 26.7 Å². The minimum absolute atomic E-state index is 0.270. The summed E-state index contributed by atoms with van der Waals surface area (Å²) in [5.74, 6) is -0.928. The van der Waals surface area contributed by atoms with Crippen LogP contribution in [0.15, 0.2) is 23.5 Å². The van der Waals surface area contributed by atoms with Crippen LogP contribution in [0, 0.1) is 0 Å². The van der Waals surface area contributed by atoms with Crippen LogP contribution in [0.4, 0.5) is 0 Å². The number of nitrogens with two attached hydrogens (primary N) is 2. The SMILES string of the molecule is C/C(N)=C/C(=O)OCCCCOC(=O)/C=C(/C)N. The lowest BCUT2D eigenvalue weighted by Gasteiger charge is -2.03. The third-order valence-corrected chi connectivity index (χ3v) is 1.72. The van der Waals surface area contributed by atoms with Crippen LogP contribution in [0.3, 0.4) is 0 Å². The maximum Gasteiger partial charge on any atom is 0.332 e. The molecule has 0 radical (unpaired) electrons. The molecule has 0 aromatic heterocycles. The van der Waals surface area contributed by atoms with Crippen molar-refractivity contribution < 1.29 is 19.1 Å². The number of rotatable bonds is 7. The van der Waals surface area contributed by atoms with E-state index in [0.717, 1.165) is 0 Å². The van der Waals surface area contributed by atoms with E-state index in [2.05, 4.69) is 0 Å². The summed E-state index contributed by atoms with van der Waals surface area (Å²) in [5.41, 5.74) is 11.4. The number of unbranched alkanes of at least 4 members (excludes halogenated alkanes) is 1. The molecule has 4 N–H and O–H groups in total. The fourth-order valence-electron chi connectivity index (χ4n) is 1.00. The zero-order valence-electron chi connectivity index (χ0n) is 10.8. The lowest BCUT2D eigenvalue weighted by molar-refractivity contribution is -0.140. The highest BCUT2D eigenvalue weighted by Gasteiger charge is 2.00. The number of ether oxygens (including phenoxy) is 2. The Morgan fingerprint density at radius 2 is 1.22 bits per heavy atom. The molecule has 0 fully saturated rings. The van der Waals surface area contributed by atoms with E-state index in [-0.39, 0.29) is 13.2 Å². The lowest BCUT2D eigenvalue weighted by Crippen LogP contribution is -2.08. The number of esters is 2. The molecule has 0 bridgehead atoms. The summed E-state index contributed by atoms with van der Waals surface area (Å²) in [6.45, 7) is 3.75. The summed E-state index contributed by atoms with van der Waals surface area (Å²) in [5, 5.41) is 0. The lowest BCUT2D eigenvalue weighted by atomic mass is 10.3. The number of carbonyl (C=O) groups is 2. The zero-order valence-corrected chi connectivity index (χ0v) is 10.8. The predicted molar refractivity (Wildman–Crippen MR) is 67.0 cm³/mol. The second-order valence-corrected chi connectivity index (χ2v) is 3.82. The van der Waals surface area contributed by atoms with E-state index in [1.165, 1.54) is 12.2 Å². The van der Waals surface area contributed by atoms with E-state index in [1.54, 1.807) is 13.8 Å². The zero-order chi connectivity index (χ0) is 14.0. The first kappa shape index (κ1) is 16.0. The third kappa shape index (κ3) is 10.5. The van der Waals surface area contributed by atoms with Crippen LogP contribution in [-0.4, -0.2) is 25.2 Å². The third-order valence-electron chi connectivity index (χ3n) is 1.72. The summed E-state index contributed by atoms with van der Waals surface area (Å²) in [6, 6.07) is 0. The highest BCUT2D eigenvalue weighted by molar-refractivity contribution is 5.82. The van der Waals surface area contributed by atoms with Crippen molar-refractivity contribution in [3.8, 4) is 0 Å². The van der Waals surface area contributed by atoms with Crippen molar-refractivity contribution in [3.05, 3.63) is 23.5 Å². The molecule has 0 amide bonds. The van der Waals surface area contributed by atoms with Gasteiger partial charge < -0.3 is 20.9 Å². The highest BCUT2D eigenvalue weighted by Crippen LogP contribution is 1.95. The van der Waals surface area contributed by atoms with Gasteiger partial charge in [-0.2, -0.15) is 0 Å². The monoisotopic (exact) mass is 256 g/mol. The summed E-state index contributed by atoms with van der Waals surface area (Å²) in [7, 11) is 0. The van der Waals surface area contributed by atoms with Gasteiger partial charge in [0.2, 0.25) is 0 Å². The molecule has 0 aliphatic carbocycles. The molecule has 0 aliphatic heterocycles. The number of hydrogen-bond donors (Lipinski definition) is 2. The van der Waals surface area contributed by atoms with Crippen molar-refractivity contribution in [2.45, 2.75) is 26.7 Å². The quantitative estimate of drug-likeness (QED) is 0.392.